The van der Waals surface area contributed by atoms with E-state index in [2.05, 4.69) is 16.5 Å². The minimum absolute atomic E-state index is 0.0633. The summed E-state index contributed by atoms with van der Waals surface area (Å²) >= 11 is 0. The molecule has 0 saturated heterocycles. The van der Waals surface area contributed by atoms with Crippen molar-refractivity contribution in [2.45, 2.75) is 19.5 Å². The maximum Gasteiger partial charge on any atom is 0.246 e. The fraction of sp³-hybridized carbons (Fsp3) is 0.455. The highest BCUT2D eigenvalue weighted by Crippen LogP contribution is 2.22. The quantitative estimate of drug-likeness (QED) is 0.773. The van der Waals surface area contributed by atoms with Gasteiger partial charge in [-0.05, 0) is 6.08 Å². The maximum atomic E-state index is 11.6. The Hall–Kier alpha value is -1.67. The molecule has 1 aliphatic heterocycles. The summed E-state index contributed by atoms with van der Waals surface area (Å²) < 4.78 is 29.7. The number of carbonyl (C=O) groups excluding carboxylic acids is 1. The molecule has 0 radical (unpaired) electrons. The second-order valence-electron chi connectivity index (χ2n) is 4.34. The highest BCUT2D eigenvalue weighted by Gasteiger charge is 2.26. The van der Waals surface area contributed by atoms with Gasteiger partial charge in [0.2, 0.25) is 15.9 Å². The fourth-order valence-electron chi connectivity index (χ4n) is 1.92. The second-order valence-corrected chi connectivity index (χ2v) is 6.17. The van der Waals surface area contributed by atoms with Gasteiger partial charge in [-0.25, -0.2) is 13.1 Å². The van der Waals surface area contributed by atoms with E-state index < -0.39 is 10.0 Å². The third-order valence-corrected chi connectivity index (χ3v) is 3.57. The molecule has 104 valence electrons. The SMILES string of the molecule is C=CC(=O)N1CCc2onc(CNS(C)(=O)=O)c2C1. The molecule has 8 heteroatoms. The average Bonchev–Trinajstić information content (AvgIpc) is 2.76. The zero-order chi connectivity index (χ0) is 14.0. The minimum Gasteiger partial charge on any atom is -0.361 e. The Labute approximate surface area is 111 Å². The third kappa shape index (κ3) is 3.21. The summed E-state index contributed by atoms with van der Waals surface area (Å²) in [5, 5.41) is 3.85. The minimum atomic E-state index is -3.29. The van der Waals surface area contributed by atoms with Gasteiger partial charge in [-0.2, -0.15) is 0 Å². The van der Waals surface area contributed by atoms with E-state index in [1.54, 1.807) is 4.90 Å². The van der Waals surface area contributed by atoms with Crippen LogP contribution in [0.25, 0.3) is 0 Å². The summed E-state index contributed by atoms with van der Waals surface area (Å²) in [6.45, 7) is 4.42. The van der Waals surface area contributed by atoms with E-state index in [0.29, 0.717) is 31.0 Å². The summed E-state index contributed by atoms with van der Waals surface area (Å²) in [6.07, 6.45) is 2.90. The van der Waals surface area contributed by atoms with Crippen molar-refractivity contribution < 1.29 is 17.7 Å². The van der Waals surface area contributed by atoms with E-state index in [0.717, 1.165) is 11.8 Å². The van der Waals surface area contributed by atoms with Crippen LogP contribution in [0.15, 0.2) is 17.2 Å². The smallest absolute Gasteiger partial charge is 0.246 e. The highest BCUT2D eigenvalue weighted by atomic mass is 32.2. The summed E-state index contributed by atoms with van der Waals surface area (Å²) in [5.74, 6) is 0.548. The van der Waals surface area contributed by atoms with Crippen LogP contribution in [-0.4, -0.2) is 37.2 Å². The van der Waals surface area contributed by atoms with Crippen molar-refractivity contribution in [2.24, 2.45) is 0 Å². The summed E-state index contributed by atoms with van der Waals surface area (Å²) in [5.41, 5.74) is 1.29. The van der Waals surface area contributed by atoms with E-state index in [1.165, 1.54) is 6.08 Å². The van der Waals surface area contributed by atoms with Gasteiger partial charge in [0.05, 0.1) is 19.3 Å². The largest absolute Gasteiger partial charge is 0.361 e. The molecule has 7 nitrogen and oxygen atoms in total. The van der Waals surface area contributed by atoms with Crippen molar-refractivity contribution in [2.75, 3.05) is 12.8 Å². The molecule has 2 heterocycles. The zero-order valence-corrected chi connectivity index (χ0v) is 11.4. The van der Waals surface area contributed by atoms with Crippen LogP contribution < -0.4 is 4.72 Å². The number of fused-ring (bicyclic) bond motifs is 1. The number of sulfonamides is 1. The molecule has 0 atom stereocenters. The van der Waals surface area contributed by atoms with Crippen molar-refractivity contribution in [3.05, 3.63) is 29.7 Å². The molecule has 1 aromatic heterocycles. The van der Waals surface area contributed by atoms with E-state index in [9.17, 15) is 13.2 Å². The van der Waals surface area contributed by atoms with Crippen LogP contribution in [0.5, 0.6) is 0 Å². The first-order valence-corrected chi connectivity index (χ1v) is 7.62. The predicted octanol–water partition coefficient (Wildman–Crippen LogP) is -0.206. The van der Waals surface area contributed by atoms with Gasteiger partial charge in [-0.1, -0.05) is 11.7 Å². The number of rotatable bonds is 4. The Kier molecular flexibility index (Phi) is 3.72. The lowest BCUT2D eigenvalue weighted by atomic mass is 10.1. The van der Waals surface area contributed by atoms with Gasteiger partial charge < -0.3 is 9.42 Å². The molecule has 0 aromatic carbocycles. The Balaban J connectivity index is 2.16. The number of nitrogens with one attached hydrogen (secondary N) is 1. The monoisotopic (exact) mass is 285 g/mol. The van der Waals surface area contributed by atoms with Crippen LogP contribution in [0.3, 0.4) is 0 Å². The van der Waals surface area contributed by atoms with Crippen molar-refractivity contribution in [1.29, 1.82) is 0 Å². The summed E-state index contributed by atoms with van der Waals surface area (Å²) in [4.78, 5) is 13.2. The zero-order valence-electron chi connectivity index (χ0n) is 10.5. The molecule has 19 heavy (non-hydrogen) atoms. The van der Waals surface area contributed by atoms with Crippen LogP contribution in [0.4, 0.5) is 0 Å². The molecule has 0 aliphatic carbocycles. The Morgan fingerprint density at radius 2 is 2.37 bits per heavy atom. The van der Waals surface area contributed by atoms with Crippen LogP contribution >= 0.6 is 0 Å². The van der Waals surface area contributed by atoms with Gasteiger partial charge >= 0.3 is 0 Å². The normalized spacial score (nSPS) is 15.1. The number of amides is 1. The molecule has 1 aliphatic rings. The molecule has 0 fully saturated rings. The molecule has 1 aromatic rings. The van der Waals surface area contributed by atoms with Crippen LogP contribution in [0.1, 0.15) is 17.0 Å². The van der Waals surface area contributed by atoms with E-state index in [4.69, 9.17) is 4.52 Å². The maximum absolute atomic E-state index is 11.6. The van der Waals surface area contributed by atoms with Crippen molar-refractivity contribution in [1.82, 2.24) is 14.8 Å². The first kappa shape index (κ1) is 13.8. The van der Waals surface area contributed by atoms with E-state index in [1.807, 2.05) is 0 Å². The Morgan fingerprint density at radius 3 is 3.00 bits per heavy atom. The number of hydrogen-bond donors (Lipinski definition) is 1. The van der Waals surface area contributed by atoms with Crippen LogP contribution in [-0.2, 0) is 34.3 Å². The fourth-order valence-corrected chi connectivity index (χ4v) is 2.32. The molecule has 0 bridgehead atoms. The molecular weight excluding hydrogens is 270 g/mol. The molecular formula is C11H15N3O4S. The van der Waals surface area contributed by atoms with Gasteiger partial charge in [0.15, 0.2) is 0 Å². The Morgan fingerprint density at radius 1 is 1.63 bits per heavy atom. The summed E-state index contributed by atoms with van der Waals surface area (Å²) in [7, 11) is -3.29. The number of carbonyl (C=O) groups is 1. The van der Waals surface area contributed by atoms with Crippen LogP contribution in [0, 0.1) is 0 Å². The number of hydrogen-bond acceptors (Lipinski definition) is 5. The molecule has 0 saturated carbocycles. The second kappa shape index (κ2) is 5.14. The van der Waals surface area contributed by atoms with Crippen molar-refractivity contribution in [3.63, 3.8) is 0 Å². The van der Waals surface area contributed by atoms with Gasteiger partial charge in [0.1, 0.15) is 11.5 Å². The van der Waals surface area contributed by atoms with E-state index >= 15 is 0 Å². The number of nitrogens with zero attached hydrogens (tertiary/aromatic N) is 2. The van der Waals surface area contributed by atoms with Gasteiger partial charge in [0.25, 0.3) is 0 Å². The standard InChI is InChI=1S/C11H15N3O4S/c1-3-11(15)14-5-4-10-8(7-14)9(13-18-10)6-12-19(2,16)17/h3,12H,1,4-7H2,2H3. The van der Waals surface area contributed by atoms with Crippen molar-refractivity contribution in [3.8, 4) is 0 Å². The van der Waals surface area contributed by atoms with Crippen LogP contribution in [0.2, 0.25) is 0 Å². The molecule has 0 spiro atoms. The first-order chi connectivity index (χ1) is 8.90. The molecule has 2 rings (SSSR count). The topological polar surface area (TPSA) is 92.5 Å². The average molecular weight is 285 g/mol. The number of aromatic nitrogens is 1. The molecule has 1 amide bonds. The van der Waals surface area contributed by atoms with Gasteiger partial charge in [-0.3, -0.25) is 4.79 Å². The first-order valence-electron chi connectivity index (χ1n) is 5.73. The lowest BCUT2D eigenvalue weighted by Gasteiger charge is -2.24. The predicted molar refractivity (Wildman–Crippen MR) is 67.5 cm³/mol. The van der Waals surface area contributed by atoms with Gasteiger partial charge in [0, 0.05) is 18.5 Å². The Bertz CT molecular complexity index is 605. The van der Waals surface area contributed by atoms with Crippen molar-refractivity contribution >= 4 is 15.9 Å². The summed E-state index contributed by atoms with van der Waals surface area (Å²) in [6, 6.07) is 0. The lowest BCUT2D eigenvalue weighted by molar-refractivity contribution is -0.126. The van der Waals surface area contributed by atoms with E-state index in [-0.39, 0.29) is 12.5 Å². The molecule has 1 N–H and O–H groups in total. The third-order valence-electron chi connectivity index (χ3n) is 2.90. The molecule has 0 unspecified atom stereocenters. The van der Waals surface area contributed by atoms with Gasteiger partial charge in [-0.15, -0.1) is 0 Å². The highest BCUT2D eigenvalue weighted by molar-refractivity contribution is 7.88. The lowest BCUT2D eigenvalue weighted by Crippen LogP contribution is -2.35.